The molecule has 258 valence electrons. The quantitative estimate of drug-likeness (QED) is 0.157. The Kier molecular flexibility index (Phi) is 5.67. The molecule has 8 aromatic carbocycles. The molecule has 0 radical (unpaired) electrons. The second-order valence-corrected chi connectivity index (χ2v) is 17.2. The first-order valence-corrected chi connectivity index (χ1v) is 20.6. The highest BCUT2D eigenvalue weighted by Gasteiger charge is 2.47. The minimum atomic E-state index is -0.0779. The maximum absolute atomic E-state index is 7.32. The Bertz CT molecular complexity index is 3390. The molecule has 0 fully saturated rings. The van der Waals surface area contributed by atoms with Crippen molar-refractivity contribution in [1.82, 2.24) is 0 Å². The molecule has 4 nitrogen and oxygen atoms in total. The predicted octanol–water partition coefficient (Wildman–Crippen LogP) is 9.56. The van der Waals surface area contributed by atoms with E-state index in [1.165, 1.54) is 46.9 Å². The van der Waals surface area contributed by atoms with Gasteiger partial charge in [-0.3, -0.25) is 0 Å². The Balaban J connectivity index is 1.07. The topological polar surface area (TPSA) is 30.9 Å². The van der Waals surface area contributed by atoms with E-state index in [0.29, 0.717) is 0 Å². The zero-order valence-corrected chi connectivity index (χ0v) is 31.2. The number of anilines is 3. The van der Waals surface area contributed by atoms with E-state index >= 15 is 0 Å². The van der Waals surface area contributed by atoms with Crippen LogP contribution in [-0.4, -0.2) is 13.4 Å². The van der Waals surface area contributed by atoms with Gasteiger partial charge in [0.2, 0.25) is 0 Å². The van der Waals surface area contributed by atoms with Crippen LogP contribution < -0.4 is 51.9 Å². The van der Waals surface area contributed by atoms with Gasteiger partial charge in [0.15, 0.2) is 0 Å². The van der Waals surface area contributed by atoms with Gasteiger partial charge in [-0.1, -0.05) is 97.1 Å². The lowest BCUT2D eigenvalue weighted by Crippen LogP contribution is -2.62. The molecular formula is C48H25B2NO3S2. The molecular weight excluding hydrogens is 724 g/mol. The van der Waals surface area contributed by atoms with Crippen LogP contribution in [0.1, 0.15) is 0 Å². The predicted molar refractivity (Wildman–Crippen MR) is 236 cm³/mol. The smallest absolute Gasteiger partial charge is 0.260 e. The number of ether oxygens (including phenoxy) is 3. The summed E-state index contributed by atoms with van der Waals surface area (Å²) < 4.78 is 26.1. The van der Waals surface area contributed by atoms with Crippen LogP contribution in [0.25, 0.3) is 40.3 Å². The van der Waals surface area contributed by atoms with E-state index in [0.717, 1.165) is 77.8 Å². The van der Waals surface area contributed by atoms with Crippen LogP contribution in [0.2, 0.25) is 0 Å². The monoisotopic (exact) mass is 749 g/mol. The number of benzene rings is 8. The summed E-state index contributed by atoms with van der Waals surface area (Å²) in [5.41, 5.74) is 10.4. The minimum absolute atomic E-state index is 0.0625. The zero-order chi connectivity index (χ0) is 36.2. The van der Waals surface area contributed by atoms with E-state index in [2.05, 4.69) is 157 Å². The van der Waals surface area contributed by atoms with Crippen LogP contribution in [0.15, 0.2) is 152 Å². The third-order valence-corrected chi connectivity index (χ3v) is 14.5. The molecule has 0 bridgehead atoms. The summed E-state index contributed by atoms with van der Waals surface area (Å²) in [6, 6.07) is 54.7. The Labute approximate surface area is 329 Å². The Morgan fingerprint density at radius 3 is 1.77 bits per heavy atom. The SMILES string of the molecule is c1ccc(N2c3ccccc3B3c4cc5c(cc4Oc4c3c2cc2sc3ccccc3c42)Oc2cc3sc4ccccc4c3c3c2B5c2ccccc2O3)cc1. The van der Waals surface area contributed by atoms with Crippen molar-refractivity contribution in [3.8, 4) is 34.5 Å². The lowest BCUT2D eigenvalue weighted by Gasteiger charge is -2.41. The van der Waals surface area contributed by atoms with Gasteiger partial charge < -0.3 is 19.1 Å². The highest BCUT2D eigenvalue weighted by Crippen LogP contribution is 2.50. The van der Waals surface area contributed by atoms with Gasteiger partial charge in [-0.15, -0.1) is 22.7 Å². The number of rotatable bonds is 1. The summed E-state index contributed by atoms with van der Waals surface area (Å²) in [6.07, 6.45) is 0. The van der Waals surface area contributed by atoms with Crippen molar-refractivity contribution >= 4 is 126 Å². The van der Waals surface area contributed by atoms with Crippen LogP contribution in [0.3, 0.4) is 0 Å². The minimum Gasteiger partial charge on any atom is -0.458 e. The number of hydrogen-bond donors (Lipinski definition) is 0. The molecule has 0 aliphatic carbocycles. The summed E-state index contributed by atoms with van der Waals surface area (Å²) in [5.74, 6) is 5.23. The van der Waals surface area contributed by atoms with Crippen LogP contribution in [-0.2, 0) is 0 Å². The van der Waals surface area contributed by atoms with E-state index in [1.807, 2.05) is 11.3 Å². The van der Waals surface area contributed by atoms with Gasteiger partial charge in [-0.25, -0.2) is 0 Å². The molecule has 10 aromatic rings. The van der Waals surface area contributed by atoms with Crippen molar-refractivity contribution in [2.24, 2.45) is 0 Å². The maximum Gasteiger partial charge on any atom is 0.260 e. The van der Waals surface area contributed by atoms with Gasteiger partial charge in [-0.2, -0.15) is 0 Å². The van der Waals surface area contributed by atoms with E-state index in [4.69, 9.17) is 14.2 Å². The lowest BCUT2D eigenvalue weighted by atomic mass is 9.31. The van der Waals surface area contributed by atoms with Gasteiger partial charge >= 0.3 is 0 Å². The van der Waals surface area contributed by atoms with Crippen molar-refractivity contribution in [3.05, 3.63) is 152 Å². The first-order chi connectivity index (χ1) is 27.8. The molecule has 6 heterocycles. The van der Waals surface area contributed by atoms with Crippen molar-refractivity contribution in [3.63, 3.8) is 0 Å². The van der Waals surface area contributed by atoms with Gasteiger partial charge in [-0.05, 0) is 75.8 Å². The summed E-state index contributed by atoms with van der Waals surface area (Å²) >= 11 is 3.61. The average molecular weight is 749 g/mol. The van der Waals surface area contributed by atoms with Crippen LogP contribution >= 0.6 is 22.7 Å². The maximum atomic E-state index is 7.32. The second kappa shape index (κ2) is 10.6. The fourth-order valence-corrected chi connectivity index (χ4v) is 12.3. The molecule has 0 saturated carbocycles. The normalized spacial score (nSPS) is 14.0. The van der Waals surface area contributed by atoms with Crippen molar-refractivity contribution in [2.45, 2.75) is 0 Å². The number of fused-ring (bicyclic) bond motifs is 16. The molecule has 0 amide bonds. The first kappa shape index (κ1) is 29.8. The summed E-state index contributed by atoms with van der Waals surface area (Å²) in [4.78, 5) is 2.43. The van der Waals surface area contributed by atoms with Crippen LogP contribution in [0.5, 0.6) is 34.5 Å². The Morgan fingerprint density at radius 1 is 0.393 bits per heavy atom. The molecule has 0 saturated heterocycles. The fraction of sp³-hybridized carbons (Fsp3) is 0. The number of para-hydroxylation sites is 3. The summed E-state index contributed by atoms with van der Waals surface area (Å²) in [5, 5.41) is 4.77. The summed E-state index contributed by atoms with van der Waals surface area (Å²) in [7, 11) is 0. The molecule has 56 heavy (non-hydrogen) atoms. The molecule has 0 spiro atoms. The Morgan fingerprint density at radius 2 is 0.982 bits per heavy atom. The standard InChI is InChI=1S/C48H25B2NO3S2/c1-2-12-26(13-3-1)51-33-18-8-6-16-29(33)49-32-22-31-36(24-37(32)54-47-43-27-14-4-10-20-39(27)55-41(43)23-34(51)45(47)49)52-38-25-42-44(28-15-5-11-21-40(28)56-42)48-46(38)50(31)30-17-7-9-19-35(30)53-48/h1-25H. The molecule has 8 heteroatoms. The number of nitrogens with zero attached hydrogens (tertiary/aromatic N) is 1. The number of hydrogen-bond acceptors (Lipinski definition) is 6. The Hall–Kier alpha value is -6.47. The molecule has 14 rings (SSSR count). The van der Waals surface area contributed by atoms with E-state index in [-0.39, 0.29) is 13.4 Å². The van der Waals surface area contributed by atoms with Gasteiger partial charge in [0.1, 0.15) is 34.5 Å². The molecule has 0 N–H and O–H groups in total. The third kappa shape index (κ3) is 3.76. The van der Waals surface area contributed by atoms with Crippen molar-refractivity contribution in [1.29, 1.82) is 0 Å². The highest BCUT2D eigenvalue weighted by molar-refractivity contribution is 7.26. The van der Waals surface area contributed by atoms with Crippen molar-refractivity contribution in [2.75, 3.05) is 4.90 Å². The van der Waals surface area contributed by atoms with Gasteiger partial charge in [0, 0.05) is 68.9 Å². The molecule has 4 aliphatic rings. The molecule has 2 aromatic heterocycles. The lowest BCUT2D eigenvalue weighted by molar-refractivity contribution is 0.460. The average Bonchev–Trinajstić information content (AvgIpc) is 3.81. The second-order valence-electron chi connectivity index (χ2n) is 15.1. The van der Waals surface area contributed by atoms with Gasteiger partial charge in [0.05, 0.1) is 0 Å². The largest absolute Gasteiger partial charge is 0.458 e. The molecule has 4 aliphatic heterocycles. The fourth-order valence-electron chi connectivity index (χ4n) is 9.98. The van der Waals surface area contributed by atoms with E-state index in [1.54, 1.807) is 11.3 Å². The highest BCUT2D eigenvalue weighted by atomic mass is 32.1. The summed E-state index contributed by atoms with van der Waals surface area (Å²) in [6.45, 7) is -0.140. The third-order valence-electron chi connectivity index (χ3n) is 12.2. The first-order valence-electron chi connectivity index (χ1n) is 19.0. The van der Waals surface area contributed by atoms with Crippen LogP contribution in [0, 0.1) is 0 Å². The number of thiophene rings is 2. The van der Waals surface area contributed by atoms with E-state index < -0.39 is 0 Å². The van der Waals surface area contributed by atoms with Crippen molar-refractivity contribution < 1.29 is 14.2 Å². The molecule has 0 unspecified atom stereocenters. The zero-order valence-electron chi connectivity index (χ0n) is 29.6. The van der Waals surface area contributed by atoms with Crippen LogP contribution in [0.4, 0.5) is 17.1 Å². The molecule has 0 atom stereocenters. The van der Waals surface area contributed by atoms with Gasteiger partial charge in [0.25, 0.3) is 13.4 Å². The van der Waals surface area contributed by atoms with E-state index in [9.17, 15) is 0 Å².